The van der Waals surface area contributed by atoms with E-state index in [2.05, 4.69) is 29.7 Å². The molecule has 0 spiro atoms. The van der Waals surface area contributed by atoms with Crippen LogP contribution in [0.25, 0.3) is 0 Å². The number of benzene rings is 3. The van der Waals surface area contributed by atoms with Crippen molar-refractivity contribution in [3.05, 3.63) is 101 Å². The Morgan fingerprint density at radius 1 is 0.917 bits per heavy atom. The molecule has 3 rings (SSSR count). The van der Waals surface area contributed by atoms with Crippen LogP contribution in [0.5, 0.6) is 5.75 Å². The second-order valence-corrected chi connectivity index (χ2v) is 8.78. The van der Waals surface area contributed by atoms with Crippen molar-refractivity contribution in [1.29, 1.82) is 0 Å². The second-order valence-electron chi connectivity index (χ2n) is 8.78. The Balaban J connectivity index is 1.65. The molecule has 3 N–H and O–H groups in total. The number of carbonyl (C=O) groups excluding carboxylic acids is 1. The van der Waals surface area contributed by atoms with E-state index in [0.717, 1.165) is 29.4 Å². The van der Waals surface area contributed by atoms with Crippen LogP contribution in [0.2, 0.25) is 0 Å². The van der Waals surface area contributed by atoms with E-state index >= 15 is 0 Å². The van der Waals surface area contributed by atoms with Crippen molar-refractivity contribution in [2.75, 3.05) is 13.2 Å². The predicted octanol–water partition coefficient (Wildman–Crippen LogP) is 4.35. The Hall–Kier alpha value is -3.29. The molecule has 0 saturated carbocycles. The van der Waals surface area contributed by atoms with Gasteiger partial charge in [0.1, 0.15) is 17.4 Å². The molecule has 7 heteroatoms. The average molecular weight is 497 g/mol. The highest BCUT2D eigenvalue weighted by atomic mass is 19.1. The summed E-state index contributed by atoms with van der Waals surface area (Å²) in [4.78, 5) is 12.8. The topological polar surface area (TPSA) is 70.6 Å². The average Bonchev–Trinajstić information content (AvgIpc) is 2.84. The monoisotopic (exact) mass is 496 g/mol. The number of halogens is 2. The van der Waals surface area contributed by atoms with E-state index < -0.39 is 23.8 Å². The first-order chi connectivity index (χ1) is 17.4. The van der Waals surface area contributed by atoms with Crippen LogP contribution in [0.1, 0.15) is 36.1 Å². The fraction of sp³-hybridized carbons (Fsp3) is 0.345. The zero-order chi connectivity index (χ0) is 25.9. The summed E-state index contributed by atoms with van der Waals surface area (Å²) in [6.07, 6.45) is 0.140. The minimum Gasteiger partial charge on any atom is -0.494 e. The molecule has 0 aliphatic rings. The van der Waals surface area contributed by atoms with E-state index in [-0.39, 0.29) is 25.3 Å². The summed E-state index contributed by atoms with van der Waals surface area (Å²) < 4.78 is 32.9. The zero-order valence-corrected chi connectivity index (χ0v) is 20.8. The quantitative estimate of drug-likeness (QED) is 0.329. The number of hydrogen-bond donors (Lipinski definition) is 3. The summed E-state index contributed by atoms with van der Waals surface area (Å²) in [5.74, 6) is -0.977. The van der Waals surface area contributed by atoms with Gasteiger partial charge in [0.2, 0.25) is 5.91 Å². The van der Waals surface area contributed by atoms with E-state index in [1.54, 1.807) is 12.1 Å². The van der Waals surface area contributed by atoms with Gasteiger partial charge in [0, 0.05) is 19.2 Å². The van der Waals surface area contributed by atoms with Crippen molar-refractivity contribution in [1.82, 2.24) is 10.6 Å². The van der Waals surface area contributed by atoms with Crippen molar-refractivity contribution < 1.29 is 23.4 Å². The third kappa shape index (κ3) is 8.73. The number of aliphatic hydroxyl groups excluding tert-OH is 1. The number of nitrogens with one attached hydrogen (secondary N) is 2. The Labute approximate surface area is 211 Å². The third-order valence-corrected chi connectivity index (χ3v) is 5.87. The van der Waals surface area contributed by atoms with Gasteiger partial charge in [0.25, 0.3) is 0 Å². The fourth-order valence-electron chi connectivity index (χ4n) is 4.05. The number of amides is 1. The van der Waals surface area contributed by atoms with Gasteiger partial charge in [0.15, 0.2) is 0 Å². The molecule has 36 heavy (non-hydrogen) atoms. The van der Waals surface area contributed by atoms with Gasteiger partial charge >= 0.3 is 0 Å². The Morgan fingerprint density at radius 3 is 2.28 bits per heavy atom. The van der Waals surface area contributed by atoms with Crippen LogP contribution in [0.15, 0.2) is 66.7 Å². The Morgan fingerprint density at radius 2 is 1.61 bits per heavy atom. The van der Waals surface area contributed by atoms with Crippen LogP contribution in [-0.4, -0.2) is 36.3 Å². The summed E-state index contributed by atoms with van der Waals surface area (Å²) in [5.41, 5.74) is 3.45. The van der Waals surface area contributed by atoms with Crippen LogP contribution in [0.4, 0.5) is 8.78 Å². The molecule has 0 bridgehead atoms. The van der Waals surface area contributed by atoms with Crippen LogP contribution < -0.4 is 15.4 Å². The van der Waals surface area contributed by atoms with Crippen molar-refractivity contribution in [3.8, 4) is 5.75 Å². The minimum absolute atomic E-state index is 0.0812. The lowest BCUT2D eigenvalue weighted by Gasteiger charge is -2.25. The summed E-state index contributed by atoms with van der Waals surface area (Å²) in [6.45, 7) is 5.28. The van der Waals surface area contributed by atoms with Gasteiger partial charge in [0.05, 0.1) is 25.2 Å². The van der Waals surface area contributed by atoms with E-state index in [9.17, 15) is 18.7 Å². The molecule has 3 aromatic rings. The molecule has 0 fully saturated rings. The lowest BCUT2D eigenvalue weighted by atomic mass is 10.00. The molecule has 0 aromatic heterocycles. The SMILES string of the molecule is CCOc1ccc(CC(=O)NC(Cc2cc(F)cc(F)c2)C(O)CNCc2cccc(CC)c2)cc1. The number of aryl methyl sites for hydroxylation is 1. The Kier molecular flexibility index (Phi) is 10.4. The van der Waals surface area contributed by atoms with Crippen molar-refractivity contribution in [2.24, 2.45) is 0 Å². The normalized spacial score (nSPS) is 12.7. The first kappa shape index (κ1) is 27.3. The molecule has 3 aromatic carbocycles. The molecule has 0 radical (unpaired) electrons. The lowest BCUT2D eigenvalue weighted by molar-refractivity contribution is -0.122. The maximum absolute atomic E-state index is 13.8. The van der Waals surface area contributed by atoms with E-state index in [1.165, 1.54) is 17.7 Å². The molecule has 5 nitrogen and oxygen atoms in total. The largest absolute Gasteiger partial charge is 0.494 e. The van der Waals surface area contributed by atoms with Crippen molar-refractivity contribution in [3.63, 3.8) is 0 Å². The third-order valence-electron chi connectivity index (χ3n) is 5.87. The van der Waals surface area contributed by atoms with E-state index in [4.69, 9.17) is 4.74 Å². The van der Waals surface area contributed by atoms with Gasteiger partial charge in [-0.3, -0.25) is 4.79 Å². The summed E-state index contributed by atoms with van der Waals surface area (Å²) in [5, 5.41) is 17.0. The number of aliphatic hydroxyl groups is 1. The predicted molar refractivity (Wildman–Crippen MR) is 137 cm³/mol. The van der Waals surface area contributed by atoms with Crippen LogP contribution in [-0.2, 0) is 30.6 Å². The maximum Gasteiger partial charge on any atom is 0.224 e. The molecule has 0 saturated heterocycles. The van der Waals surface area contributed by atoms with Gasteiger partial charge in [-0.25, -0.2) is 8.78 Å². The molecular weight excluding hydrogens is 462 g/mol. The molecule has 2 unspecified atom stereocenters. The standard InChI is InChI=1S/C29H34F2N2O3/c1-3-20-6-5-7-22(12-20)18-32-19-28(34)27(15-23-13-24(30)17-25(31)14-23)33-29(35)16-21-8-10-26(11-9-21)36-4-2/h5-14,17,27-28,32,34H,3-4,15-16,18-19H2,1-2H3,(H,33,35). The first-order valence-corrected chi connectivity index (χ1v) is 12.3. The minimum atomic E-state index is -0.977. The van der Waals surface area contributed by atoms with Crippen molar-refractivity contribution in [2.45, 2.75) is 51.8 Å². The highest BCUT2D eigenvalue weighted by Gasteiger charge is 2.22. The smallest absolute Gasteiger partial charge is 0.224 e. The fourth-order valence-corrected chi connectivity index (χ4v) is 4.05. The molecule has 1 amide bonds. The molecule has 2 atom stereocenters. The highest BCUT2D eigenvalue weighted by Crippen LogP contribution is 2.15. The molecule has 0 aliphatic carbocycles. The number of rotatable bonds is 13. The summed E-state index contributed by atoms with van der Waals surface area (Å²) >= 11 is 0. The molecular formula is C29H34F2N2O3. The van der Waals surface area contributed by atoms with Gasteiger partial charge in [-0.2, -0.15) is 0 Å². The van der Waals surface area contributed by atoms with Gasteiger partial charge in [-0.05, 0) is 66.3 Å². The van der Waals surface area contributed by atoms with Gasteiger partial charge in [-0.15, -0.1) is 0 Å². The zero-order valence-electron chi connectivity index (χ0n) is 20.8. The van der Waals surface area contributed by atoms with E-state index in [1.807, 2.05) is 31.2 Å². The van der Waals surface area contributed by atoms with Gasteiger partial charge in [-0.1, -0.05) is 43.3 Å². The van der Waals surface area contributed by atoms with Gasteiger partial charge < -0.3 is 20.5 Å². The van der Waals surface area contributed by atoms with E-state index in [0.29, 0.717) is 18.7 Å². The molecule has 0 heterocycles. The maximum atomic E-state index is 13.8. The summed E-state index contributed by atoms with van der Waals surface area (Å²) in [7, 11) is 0. The van der Waals surface area contributed by atoms with Crippen LogP contribution in [0, 0.1) is 11.6 Å². The number of ether oxygens (including phenoxy) is 1. The summed E-state index contributed by atoms with van der Waals surface area (Å²) in [6, 6.07) is 17.9. The van der Waals surface area contributed by atoms with Crippen molar-refractivity contribution >= 4 is 5.91 Å². The first-order valence-electron chi connectivity index (χ1n) is 12.3. The number of hydrogen-bond acceptors (Lipinski definition) is 4. The second kappa shape index (κ2) is 13.7. The number of carbonyl (C=O) groups is 1. The van der Waals surface area contributed by atoms with Crippen LogP contribution >= 0.6 is 0 Å². The Bertz CT molecular complexity index is 1100. The molecule has 0 aliphatic heterocycles. The lowest BCUT2D eigenvalue weighted by Crippen LogP contribution is -2.49. The molecule has 192 valence electrons. The highest BCUT2D eigenvalue weighted by molar-refractivity contribution is 5.79. The van der Waals surface area contributed by atoms with Crippen LogP contribution in [0.3, 0.4) is 0 Å².